The summed E-state index contributed by atoms with van der Waals surface area (Å²) < 4.78 is 0. The summed E-state index contributed by atoms with van der Waals surface area (Å²) in [5.74, 6) is 0.320. The molecule has 0 saturated heterocycles. The molecule has 0 spiro atoms. The van der Waals surface area contributed by atoms with Crippen molar-refractivity contribution in [2.45, 2.75) is 12.0 Å². The molecule has 0 saturated carbocycles. The van der Waals surface area contributed by atoms with Crippen LogP contribution in [0.25, 0.3) is 28.0 Å². The molecule has 0 fully saturated rings. The zero-order valence-corrected chi connectivity index (χ0v) is 18.2. The van der Waals surface area contributed by atoms with Gasteiger partial charge in [0, 0.05) is 17.3 Å². The van der Waals surface area contributed by atoms with Gasteiger partial charge in [0.05, 0.1) is 6.04 Å². The van der Waals surface area contributed by atoms with Gasteiger partial charge in [-0.25, -0.2) is 0 Å². The van der Waals surface area contributed by atoms with E-state index in [1.54, 1.807) is 0 Å². The van der Waals surface area contributed by atoms with Crippen LogP contribution < -0.4 is 4.90 Å². The molecule has 5 aromatic carbocycles. The molecular weight excluding hydrogens is 398 g/mol. The fraction of sp³-hybridized carbons (Fsp3) is 0.0625. The number of fused-ring (bicyclic) bond motifs is 7. The average molecular weight is 422 g/mol. The third kappa shape index (κ3) is 2.79. The molecule has 0 bridgehead atoms. The standard InChI is InChI=1S/C32H23N/c1-2-8-22(9-3-1)23-14-18-26(19-15-23)33-29-20-16-24-10-4-6-12-27(24)31(29)32-28-13-7-5-11-25(28)17-21-30(32)33/h1-21,29,31H. The van der Waals surface area contributed by atoms with E-state index in [1.807, 2.05) is 0 Å². The van der Waals surface area contributed by atoms with Crippen molar-refractivity contribution < 1.29 is 0 Å². The maximum atomic E-state index is 2.54. The molecule has 1 aliphatic heterocycles. The Hall–Kier alpha value is -4.10. The Bertz CT molecular complexity index is 1510. The Balaban J connectivity index is 1.42. The molecule has 1 aliphatic carbocycles. The number of anilines is 2. The Labute approximate surface area is 194 Å². The van der Waals surface area contributed by atoms with Crippen molar-refractivity contribution in [3.8, 4) is 11.1 Å². The number of benzene rings is 5. The Kier molecular flexibility index (Phi) is 4.04. The van der Waals surface area contributed by atoms with Gasteiger partial charge in [0.25, 0.3) is 0 Å². The molecule has 156 valence electrons. The van der Waals surface area contributed by atoms with Crippen molar-refractivity contribution in [3.63, 3.8) is 0 Å². The molecule has 2 aliphatic rings. The quantitative estimate of drug-likeness (QED) is 0.278. The van der Waals surface area contributed by atoms with E-state index in [-0.39, 0.29) is 6.04 Å². The molecule has 5 aromatic rings. The molecule has 0 N–H and O–H groups in total. The smallest absolute Gasteiger partial charge is 0.0636 e. The molecule has 1 heterocycles. The molecule has 2 unspecified atom stereocenters. The van der Waals surface area contributed by atoms with Crippen molar-refractivity contribution in [2.75, 3.05) is 4.90 Å². The van der Waals surface area contributed by atoms with Gasteiger partial charge in [0.2, 0.25) is 0 Å². The average Bonchev–Trinajstić information content (AvgIpc) is 3.24. The maximum absolute atomic E-state index is 2.54. The van der Waals surface area contributed by atoms with Crippen LogP contribution in [0, 0.1) is 0 Å². The maximum Gasteiger partial charge on any atom is 0.0636 e. The van der Waals surface area contributed by atoms with Gasteiger partial charge in [-0.2, -0.15) is 0 Å². The largest absolute Gasteiger partial charge is 0.333 e. The molecule has 7 rings (SSSR count). The molecule has 1 nitrogen and oxygen atoms in total. The third-order valence-corrected chi connectivity index (χ3v) is 7.21. The predicted molar refractivity (Wildman–Crippen MR) is 139 cm³/mol. The third-order valence-electron chi connectivity index (χ3n) is 7.21. The minimum absolute atomic E-state index is 0.267. The first-order valence-electron chi connectivity index (χ1n) is 11.6. The predicted octanol–water partition coefficient (Wildman–Crippen LogP) is 8.19. The first-order valence-corrected chi connectivity index (χ1v) is 11.6. The first kappa shape index (κ1) is 18.5. The molecule has 0 aromatic heterocycles. The molecule has 2 atom stereocenters. The highest BCUT2D eigenvalue weighted by Crippen LogP contribution is 2.53. The molecule has 0 amide bonds. The van der Waals surface area contributed by atoms with Gasteiger partial charge in [-0.05, 0) is 56.8 Å². The van der Waals surface area contributed by atoms with Gasteiger partial charge >= 0.3 is 0 Å². The second-order valence-corrected chi connectivity index (χ2v) is 8.96. The summed E-state index contributed by atoms with van der Waals surface area (Å²) in [6, 6.07) is 42.2. The van der Waals surface area contributed by atoms with E-state index in [1.165, 1.54) is 50.0 Å². The second-order valence-electron chi connectivity index (χ2n) is 8.96. The van der Waals surface area contributed by atoms with E-state index in [9.17, 15) is 0 Å². The highest BCUT2D eigenvalue weighted by molar-refractivity contribution is 5.96. The minimum Gasteiger partial charge on any atom is -0.333 e. The monoisotopic (exact) mass is 421 g/mol. The van der Waals surface area contributed by atoms with Crippen molar-refractivity contribution in [2.24, 2.45) is 0 Å². The van der Waals surface area contributed by atoms with E-state index in [4.69, 9.17) is 0 Å². The molecular formula is C32H23N. The van der Waals surface area contributed by atoms with Gasteiger partial charge in [0.1, 0.15) is 0 Å². The summed E-state index contributed by atoms with van der Waals surface area (Å²) >= 11 is 0. The number of rotatable bonds is 2. The minimum atomic E-state index is 0.267. The van der Waals surface area contributed by atoms with E-state index >= 15 is 0 Å². The van der Waals surface area contributed by atoms with Gasteiger partial charge in [-0.1, -0.05) is 109 Å². The number of hydrogen-bond donors (Lipinski definition) is 0. The van der Waals surface area contributed by atoms with Crippen molar-refractivity contribution >= 4 is 28.2 Å². The highest BCUT2D eigenvalue weighted by atomic mass is 15.2. The van der Waals surface area contributed by atoms with E-state index in [0.717, 1.165) is 0 Å². The van der Waals surface area contributed by atoms with Crippen LogP contribution in [0.15, 0.2) is 121 Å². The van der Waals surface area contributed by atoms with Crippen LogP contribution in [0.2, 0.25) is 0 Å². The van der Waals surface area contributed by atoms with Crippen LogP contribution in [-0.4, -0.2) is 6.04 Å². The van der Waals surface area contributed by atoms with Crippen molar-refractivity contribution in [1.82, 2.24) is 0 Å². The molecule has 0 radical (unpaired) electrons. The lowest BCUT2D eigenvalue weighted by atomic mass is 9.80. The summed E-state index contributed by atoms with van der Waals surface area (Å²) in [5, 5.41) is 2.67. The lowest BCUT2D eigenvalue weighted by Gasteiger charge is -2.31. The topological polar surface area (TPSA) is 3.24 Å². The molecule has 1 heteroatoms. The zero-order valence-electron chi connectivity index (χ0n) is 18.2. The van der Waals surface area contributed by atoms with Crippen molar-refractivity contribution in [1.29, 1.82) is 0 Å². The molecule has 33 heavy (non-hydrogen) atoms. The summed E-state index contributed by atoms with van der Waals surface area (Å²) in [4.78, 5) is 2.54. The lowest BCUT2D eigenvalue weighted by molar-refractivity contribution is 0.727. The Morgan fingerprint density at radius 3 is 2.18 bits per heavy atom. The Morgan fingerprint density at radius 1 is 0.576 bits per heavy atom. The van der Waals surface area contributed by atoms with E-state index in [2.05, 4.69) is 132 Å². The van der Waals surface area contributed by atoms with Crippen LogP contribution in [0.4, 0.5) is 11.4 Å². The SMILES string of the molecule is C1=CC2C(c3ccccc31)c1c(ccc3ccccc13)N2c1ccc(-c2ccccc2)cc1. The van der Waals surface area contributed by atoms with Gasteiger partial charge < -0.3 is 4.90 Å². The van der Waals surface area contributed by atoms with Crippen LogP contribution in [0.3, 0.4) is 0 Å². The summed E-state index contributed by atoms with van der Waals surface area (Å²) in [6.07, 6.45) is 4.70. The van der Waals surface area contributed by atoms with Crippen LogP contribution >= 0.6 is 0 Å². The highest BCUT2D eigenvalue weighted by Gasteiger charge is 2.42. The van der Waals surface area contributed by atoms with Crippen molar-refractivity contribution in [3.05, 3.63) is 138 Å². The second kappa shape index (κ2) is 7.21. The first-order chi connectivity index (χ1) is 16.4. The Morgan fingerprint density at radius 2 is 1.30 bits per heavy atom. The van der Waals surface area contributed by atoms with Gasteiger partial charge in [0.15, 0.2) is 0 Å². The fourth-order valence-corrected chi connectivity index (χ4v) is 5.74. The lowest BCUT2D eigenvalue weighted by Crippen LogP contribution is -2.30. The van der Waals surface area contributed by atoms with E-state index < -0.39 is 0 Å². The van der Waals surface area contributed by atoms with Crippen LogP contribution in [-0.2, 0) is 0 Å². The van der Waals surface area contributed by atoms with E-state index in [0.29, 0.717) is 5.92 Å². The number of hydrogen-bond acceptors (Lipinski definition) is 1. The zero-order chi connectivity index (χ0) is 21.8. The van der Waals surface area contributed by atoms with Gasteiger partial charge in [-0.3, -0.25) is 0 Å². The normalized spacial score (nSPS) is 18.1. The summed E-state index contributed by atoms with van der Waals surface area (Å²) in [7, 11) is 0. The summed E-state index contributed by atoms with van der Waals surface area (Å²) in [6.45, 7) is 0. The fourth-order valence-electron chi connectivity index (χ4n) is 5.74. The van der Waals surface area contributed by atoms with Gasteiger partial charge in [-0.15, -0.1) is 0 Å². The summed E-state index contributed by atoms with van der Waals surface area (Å²) in [5.41, 5.74) is 9.26. The van der Waals surface area contributed by atoms with Crippen LogP contribution in [0.1, 0.15) is 22.6 Å². The van der Waals surface area contributed by atoms with Crippen LogP contribution in [0.5, 0.6) is 0 Å². The number of nitrogens with zero attached hydrogens (tertiary/aromatic N) is 1.